The van der Waals surface area contributed by atoms with Crippen LogP contribution < -0.4 is 0 Å². The molecule has 0 bridgehead atoms. The zero-order valence-corrected chi connectivity index (χ0v) is 15.4. The number of carbonyl (C=O) groups is 1. The second-order valence-corrected chi connectivity index (χ2v) is 7.72. The summed E-state index contributed by atoms with van der Waals surface area (Å²) in [5, 5.41) is 2.91. The molecule has 126 valence electrons. The number of nitrogens with zero attached hydrogens (tertiary/aromatic N) is 3. The average Bonchev–Trinajstić information content (AvgIpc) is 3.32. The van der Waals surface area contributed by atoms with E-state index in [9.17, 15) is 4.79 Å². The third kappa shape index (κ3) is 3.08. The van der Waals surface area contributed by atoms with E-state index in [0.29, 0.717) is 11.4 Å². The van der Waals surface area contributed by atoms with Crippen molar-refractivity contribution in [3.63, 3.8) is 0 Å². The van der Waals surface area contributed by atoms with Crippen molar-refractivity contribution < 1.29 is 4.79 Å². The van der Waals surface area contributed by atoms with Gasteiger partial charge in [-0.15, -0.1) is 22.7 Å². The average molecular weight is 368 g/mol. The number of nitrogens with one attached hydrogen (secondary N) is 1. The summed E-state index contributed by atoms with van der Waals surface area (Å²) in [6.45, 7) is 2.31. The van der Waals surface area contributed by atoms with Crippen molar-refractivity contribution in [3.05, 3.63) is 58.2 Å². The number of aromatic nitrogens is 3. The Morgan fingerprint density at radius 3 is 2.80 bits per heavy atom. The van der Waals surface area contributed by atoms with Gasteiger partial charge in [0.15, 0.2) is 0 Å². The number of imidazole rings is 1. The fraction of sp³-hybridized carbons (Fsp3) is 0.167. The van der Waals surface area contributed by atoms with Crippen molar-refractivity contribution in [1.29, 1.82) is 0 Å². The predicted octanol–water partition coefficient (Wildman–Crippen LogP) is 4.33. The van der Waals surface area contributed by atoms with Gasteiger partial charge >= 0.3 is 0 Å². The Kier molecular flexibility index (Phi) is 4.10. The molecule has 0 aliphatic rings. The Labute approximate surface area is 153 Å². The fourth-order valence-electron chi connectivity index (χ4n) is 2.65. The topological polar surface area (TPSA) is 61.9 Å². The van der Waals surface area contributed by atoms with E-state index >= 15 is 0 Å². The van der Waals surface area contributed by atoms with Crippen LogP contribution in [0.1, 0.15) is 21.2 Å². The van der Waals surface area contributed by atoms with Crippen molar-refractivity contribution in [1.82, 2.24) is 19.9 Å². The van der Waals surface area contributed by atoms with Crippen molar-refractivity contribution in [2.75, 3.05) is 7.05 Å². The van der Waals surface area contributed by atoms with Gasteiger partial charge in [0.1, 0.15) is 15.7 Å². The first-order chi connectivity index (χ1) is 12.1. The summed E-state index contributed by atoms with van der Waals surface area (Å²) in [5.41, 5.74) is 2.66. The molecule has 0 saturated heterocycles. The Hall–Kier alpha value is -2.51. The van der Waals surface area contributed by atoms with Gasteiger partial charge in [-0.2, -0.15) is 0 Å². The third-order valence-electron chi connectivity index (χ3n) is 3.89. The van der Waals surface area contributed by atoms with Gasteiger partial charge in [-0.05, 0) is 30.5 Å². The Bertz CT molecular complexity index is 1000. The monoisotopic (exact) mass is 368 g/mol. The van der Waals surface area contributed by atoms with Crippen molar-refractivity contribution in [2.24, 2.45) is 0 Å². The van der Waals surface area contributed by atoms with E-state index in [0.717, 1.165) is 32.4 Å². The van der Waals surface area contributed by atoms with E-state index in [1.54, 1.807) is 23.3 Å². The number of hydrogen-bond acceptors (Lipinski definition) is 5. The van der Waals surface area contributed by atoms with Crippen LogP contribution in [0.25, 0.3) is 20.9 Å². The third-order valence-corrected chi connectivity index (χ3v) is 6.08. The van der Waals surface area contributed by atoms with Crippen LogP contribution in [-0.4, -0.2) is 32.8 Å². The van der Waals surface area contributed by atoms with Crippen LogP contribution in [0.3, 0.4) is 0 Å². The molecule has 7 heteroatoms. The summed E-state index contributed by atoms with van der Waals surface area (Å²) in [6, 6.07) is 11.9. The van der Waals surface area contributed by atoms with Crippen LogP contribution in [0, 0.1) is 6.92 Å². The molecule has 0 atom stereocenters. The molecule has 0 fully saturated rings. The molecule has 1 N–H and O–H groups in total. The summed E-state index contributed by atoms with van der Waals surface area (Å²) >= 11 is 3.08. The lowest BCUT2D eigenvalue weighted by Gasteiger charge is -2.14. The molecule has 0 unspecified atom stereocenters. The quantitative estimate of drug-likeness (QED) is 0.583. The number of thiophene rings is 1. The zero-order chi connectivity index (χ0) is 17.4. The van der Waals surface area contributed by atoms with Crippen LogP contribution in [0.15, 0.2) is 41.8 Å². The number of fused-ring (bicyclic) bond motifs is 1. The van der Waals surface area contributed by atoms with Crippen molar-refractivity contribution >= 4 is 39.6 Å². The number of para-hydroxylation sites is 2. The normalized spacial score (nSPS) is 11.1. The number of amides is 1. The highest BCUT2D eigenvalue weighted by Gasteiger charge is 2.20. The molecule has 0 saturated carbocycles. The second-order valence-electron chi connectivity index (χ2n) is 5.77. The van der Waals surface area contributed by atoms with E-state index in [1.807, 2.05) is 48.7 Å². The van der Waals surface area contributed by atoms with E-state index in [1.165, 1.54) is 11.3 Å². The van der Waals surface area contributed by atoms with E-state index in [4.69, 9.17) is 0 Å². The molecular formula is C18H16N4OS2. The molecule has 5 nitrogen and oxygen atoms in total. The van der Waals surface area contributed by atoms with Crippen LogP contribution in [0.4, 0.5) is 0 Å². The molecule has 0 aliphatic carbocycles. The number of thiazole rings is 1. The Morgan fingerprint density at radius 1 is 1.20 bits per heavy atom. The van der Waals surface area contributed by atoms with Gasteiger partial charge in [0.05, 0.1) is 28.1 Å². The maximum atomic E-state index is 12.8. The standard InChI is InChI=1S/C18H16N4OS2/c1-11-16(25-17(19-11)14-8-5-9-24-14)18(23)22(2)10-15-20-12-6-3-4-7-13(12)21-15/h3-9H,10H2,1-2H3,(H,20,21). The van der Waals surface area contributed by atoms with Crippen LogP contribution >= 0.6 is 22.7 Å². The largest absolute Gasteiger partial charge is 0.340 e. The highest BCUT2D eigenvalue weighted by atomic mass is 32.1. The molecule has 4 rings (SSSR count). The second kappa shape index (κ2) is 6.42. The minimum absolute atomic E-state index is 0.0294. The number of rotatable bonds is 4. The molecule has 0 radical (unpaired) electrons. The lowest BCUT2D eigenvalue weighted by molar-refractivity contribution is 0.0786. The first-order valence-electron chi connectivity index (χ1n) is 7.82. The summed E-state index contributed by atoms with van der Waals surface area (Å²) in [7, 11) is 1.79. The van der Waals surface area contributed by atoms with Gasteiger partial charge < -0.3 is 9.88 Å². The zero-order valence-electron chi connectivity index (χ0n) is 13.8. The van der Waals surface area contributed by atoms with E-state index in [-0.39, 0.29) is 5.91 Å². The lowest BCUT2D eigenvalue weighted by Crippen LogP contribution is -2.26. The van der Waals surface area contributed by atoms with Gasteiger partial charge in [0, 0.05) is 7.05 Å². The van der Waals surface area contributed by atoms with Gasteiger partial charge in [-0.1, -0.05) is 18.2 Å². The number of H-pyrrole nitrogens is 1. The summed E-state index contributed by atoms with van der Waals surface area (Å²) in [5.74, 6) is 0.746. The number of aromatic amines is 1. The van der Waals surface area contributed by atoms with Crippen molar-refractivity contribution in [3.8, 4) is 9.88 Å². The van der Waals surface area contributed by atoms with Gasteiger partial charge in [0.2, 0.25) is 0 Å². The van der Waals surface area contributed by atoms with Crippen LogP contribution in [0.5, 0.6) is 0 Å². The highest BCUT2D eigenvalue weighted by molar-refractivity contribution is 7.22. The minimum Gasteiger partial charge on any atom is -0.340 e. The maximum absolute atomic E-state index is 12.8. The highest BCUT2D eigenvalue weighted by Crippen LogP contribution is 2.31. The molecule has 4 aromatic rings. The van der Waals surface area contributed by atoms with E-state index < -0.39 is 0 Å². The van der Waals surface area contributed by atoms with Crippen LogP contribution in [-0.2, 0) is 6.54 Å². The van der Waals surface area contributed by atoms with Gasteiger partial charge in [-0.3, -0.25) is 4.79 Å². The number of carbonyl (C=O) groups excluding carboxylic acids is 1. The number of aryl methyl sites for hydroxylation is 1. The summed E-state index contributed by atoms with van der Waals surface area (Å²) in [4.78, 5) is 28.6. The molecular weight excluding hydrogens is 352 g/mol. The molecule has 1 amide bonds. The summed E-state index contributed by atoms with van der Waals surface area (Å²) < 4.78 is 0. The molecule has 0 aliphatic heterocycles. The first-order valence-corrected chi connectivity index (χ1v) is 9.52. The lowest BCUT2D eigenvalue weighted by atomic mass is 10.3. The molecule has 3 aromatic heterocycles. The summed E-state index contributed by atoms with van der Waals surface area (Å²) in [6.07, 6.45) is 0. The molecule has 0 spiro atoms. The molecule has 25 heavy (non-hydrogen) atoms. The number of benzene rings is 1. The SMILES string of the molecule is Cc1nc(-c2cccs2)sc1C(=O)N(C)Cc1nc2ccccc2[nH]1. The maximum Gasteiger partial charge on any atom is 0.266 e. The first kappa shape index (κ1) is 16.0. The Balaban J connectivity index is 1.56. The molecule has 3 heterocycles. The fourth-order valence-corrected chi connectivity index (χ4v) is 4.51. The smallest absolute Gasteiger partial charge is 0.266 e. The van der Waals surface area contributed by atoms with Gasteiger partial charge in [-0.25, -0.2) is 9.97 Å². The van der Waals surface area contributed by atoms with Crippen LogP contribution in [0.2, 0.25) is 0 Å². The Morgan fingerprint density at radius 2 is 2.04 bits per heavy atom. The van der Waals surface area contributed by atoms with Gasteiger partial charge in [0.25, 0.3) is 5.91 Å². The number of hydrogen-bond donors (Lipinski definition) is 1. The van der Waals surface area contributed by atoms with Crippen molar-refractivity contribution in [2.45, 2.75) is 13.5 Å². The minimum atomic E-state index is -0.0294. The molecule has 1 aromatic carbocycles. The predicted molar refractivity (Wildman–Crippen MR) is 102 cm³/mol. The van der Waals surface area contributed by atoms with E-state index in [2.05, 4.69) is 15.0 Å².